The van der Waals surface area contributed by atoms with Crippen LogP contribution in [0.4, 0.5) is 5.82 Å². The molecular formula is C16H23N7O. The molecule has 2 aromatic heterocycles. The molecular weight excluding hydrogens is 306 g/mol. The van der Waals surface area contributed by atoms with Gasteiger partial charge in [-0.1, -0.05) is 6.42 Å². The van der Waals surface area contributed by atoms with Crippen LogP contribution in [-0.2, 0) is 4.79 Å². The molecule has 4 rings (SSSR count). The first-order chi connectivity index (χ1) is 11.6. The summed E-state index contributed by atoms with van der Waals surface area (Å²) < 4.78 is 1.75. The highest BCUT2D eigenvalue weighted by atomic mass is 16.2. The van der Waals surface area contributed by atoms with E-state index in [2.05, 4.69) is 20.2 Å². The third-order valence-electron chi connectivity index (χ3n) is 5.21. The smallest absolute Gasteiger partial charge is 0.227 e. The van der Waals surface area contributed by atoms with E-state index in [1.807, 2.05) is 24.0 Å². The predicted molar refractivity (Wildman–Crippen MR) is 89.6 cm³/mol. The van der Waals surface area contributed by atoms with Gasteiger partial charge in [-0.15, -0.1) is 15.3 Å². The standard InChI is InChI=1S/C16H23N7O/c1-11-18-19-14-5-6-15(20-23(11)14)21-7-9-22(10-8-21)16(24)12-3-2-4-13(12)17/h5-6,12-13H,2-4,7-10,17H2,1H3/t12-,13+/m0/s1. The summed E-state index contributed by atoms with van der Waals surface area (Å²) in [4.78, 5) is 16.8. The number of nitrogens with zero attached hydrogens (tertiary/aromatic N) is 6. The molecule has 1 aliphatic heterocycles. The lowest BCUT2D eigenvalue weighted by atomic mass is 10.0. The van der Waals surface area contributed by atoms with Crippen molar-refractivity contribution >= 4 is 17.4 Å². The van der Waals surface area contributed by atoms with Crippen LogP contribution in [0, 0.1) is 12.8 Å². The molecule has 2 N–H and O–H groups in total. The number of hydrogen-bond donors (Lipinski definition) is 1. The molecule has 0 unspecified atom stereocenters. The summed E-state index contributed by atoms with van der Waals surface area (Å²) in [6.45, 7) is 4.91. The van der Waals surface area contributed by atoms with E-state index in [4.69, 9.17) is 5.73 Å². The van der Waals surface area contributed by atoms with E-state index in [1.165, 1.54) is 0 Å². The molecule has 3 heterocycles. The summed E-state index contributed by atoms with van der Waals surface area (Å²) >= 11 is 0. The van der Waals surface area contributed by atoms with Crippen molar-refractivity contribution in [2.75, 3.05) is 31.1 Å². The van der Waals surface area contributed by atoms with E-state index in [-0.39, 0.29) is 17.9 Å². The summed E-state index contributed by atoms with van der Waals surface area (Å²) in [5.41, 5.74) is 6.83. The Morgan fingerprint density at radius 2 is 1.96 bits per heavy atom. The highest BCUT2D eigenvalue weighted by Crippen LogP contribution is 2.26. The van der Waals surface area contributed by atoms with Crippen molar-refractivity contribution in [3.05, 3.63) is 18.0 Å². The van der Waals surface area contributed by atoms with Crippen molar-refractivity contribution in [2.45, 2.75) is 32.2 Å². The summed E-state index contributed by atoms with van der Waals surface area (Å²) in [6, 6.07) is 3.93. The van der Waals surface area contributed by atoms with Crippen molar-refractivity contribution in [1.29, 1.82) is 0 Å². The lowest BCUT2D eigenvalue weighted by Crippen LogP contribution is -2.52. The van der Waals surface area contributed by atoms with Crippen molar-refractivity contribution < 1.29 is 4.79 Å². The highest BCUT2D eigenvalue weighted by Gasteiger charge is 2.34. The normalized spacial score (nSPS) is 24.8. The maximum absolute atomic E-state index is 12.6. The van der Waals surface area contributed by atoms with E-state index in [9.17, 15) is 4.79 Å². The summed E-state index contributed by atoms with van der Waals surface area (Å²) in [5, 5.41) is 12.7. The van der Waals surface area contributed by atoms with E-state index in [1.54, 1.807) is 4.52 Å². The average Bonchev–Trinajstić information content (AvgIpc) is 3.20. The molecule has 0 aromatic carbocycles. The van der Waals surface area contributed by atoms with Gasteiger partial charge >= 0.3 is 0 Å². The first-order valence-electron chi connectivity index (χ1n) is 8.62. The topological polar surface area (TPSA) is 92.7 Å². The van der Waals surface area contributed by atoms with Crippen molar-refractivity contribution in [1.82, 2.24) is 24.7 Å². The van der Waals surface area contributed by atoms with Crippen LogP contribution in [0.5, 0.6) is 0 Å². The number of nitrogens with two attached hydrogens (primary N) is 1. The fourth-order valence-corrected chi connectivity index (χ4v) is 3.74. The van der Waals surface area contributed by atoms with Crippen LogP contribution >= 0.6 is 0 Å². The van der Waals surface area contributed by atoms with Crippen LogP contribution in [-0.4, -0.2) is 62.8 Å². The van der Waals surface area contributed by atoms with E-state index in [0.29, 0.717) is 0 Å². The molecule has 1 saturated carbocycles. The number of fused-ring (bicyclic) bond motifs is 1. The van der Waals surface area contributed by atoms with Gasteiger partial charge in [-0.25, -0.2) is 0 Å². The maximum atomic E-state index is 12.6. The molecule has 1 aliphatic carbocycles. The summed E-state index contributed by atoms with van der Waals surface area (Å²) in [6.07, 6.45) is 2.98. The van der Waals surface area contributed by atoms with Gasteiger partial charge in [0.15, 0.2) is 11.5 Å². The fourth-order valence-electron chi connectivity index (χ4n) is 3.74. The number of amides is 1. The minimum absolute atomic E-state index is 0.0192. The van der Waals surface area contributed by atoms with Crippen LogP contribution in [0.1, 0.15) is 25.1 Å². The van der Waals surface area contributed by atoms with Crippen LogP contribution in [0.2, 0.25) is 0 Å². The van der Waals surface area contributed by atoms with E-state index in [0.717, 1.165) is 62.7 Å². The molecule has 8 nitrogen and oxygen atoms in total. The lowest BCUT2D eigenvalue weighted by Gasteiger charge is -2.37. The number of piperazine rings is 1. The number of anilines is 1. The number of aryl methyl sites for hydroxylation is 1. The average molecular weight is 329 g/mol. The van der Waals surface area contributed by atoms with Gasteiger partial charge in [-0.05, 0) is 31.9 Å². The zero-order valence-electron chi connectivity index (χ0n) is 13.9. The lowest BCUT2D eigenvalue weighted by molar-refractivity contribution is -0.136. The number of aromatic nitrogens is 4. The minimum atomic E-state index is 0.0192. The molecule has 24 heavy (non-hydrogen) atoms. The van der Waals surface area contributed by atoms with Gasteiger partial charge in [0.2, 0.25) is 5.91 Å². The van der Waals surface area contributed by atoms with Gasteiger partial charge in [0.1, 0.15) is 5.82 Å². The maximum Gasteiger partial charge on any atom is 0.227 e. The monoisotopic (exact) mass is 329 g/mol. The second kappa shape index (κ2) is 6.01. The molecule has 0 radical (unpaired) electrons. The number of rotatable bonds is 2. The molecule has 2 atom stereocenters. The third-order valence-corrected chi connectivity index (χ3v) is 5.21. The van der Waals surface area contributed by atoms with Crippen molar-refractivity contribution in [3.63, 3.8) is 0 Å². The Bertz CT molecular complexity index is 750. The minimum Gasteiger partial charge on any atom is -0.352 e. The Labute approximate surface area is 140 Å². The van der Waals surface area contributed by atoms with E-state index >= 15 is 0 Å². The Morgan fingerprint density at radius 1 is 1.17 bits per heavy atom. The predicted octanol–water partition coefficient (Wildman–Crippen LogP) is 0.209. The zero-order valence-corrected chi connectivity index (χ0v) is 13.9. The van der Waals surface area contributed by atoms with Crippen LogP contribution in [0.25, 0.3) is 5.65 Å². The second-order valence-electron chi connectivity index (χ2n) is 6.72. The molecule has 128 valence electrons. The Kier molecular flexibility index (Phi) is 3.84. The summed E-state index contributed by atoms with van der Waals surface area (Å²) in [5.74, 6) is 1.93. The van der Waals surface area contributed by atoms with Gasteiger partial charge in [-0.3, -0.25) is 4.79 Å². The molecule has 0 bridgehead atoms. The van der Waals surface area contributed by atoms with Gasteiger partial charge in [0.25, 0.3) is 0 Å². The molecule has 0 spiro atoms. The van der Waals surface area contributed by atoms with Gasteiger partial charge in [-0.2, -0.15) is 4.52 Å². The Balaban J connectivity index is 1.43. The SMILES string of the molecule is Cc1nnc2ccc(N3CCN(C(=O)[C@H]4CCC[C@H]4N)CC3)nn12. The fraction of sp³-hybridized carbons (Fsp3) is 0.625. The van der Waals surface area contributed by atoms with Gasteiger partial charge in [0, 0.05) is 32.2 Å². The molecule has 8 heteroatoms. The van der Waals surface area contributed by atoms with Crippen LogP contribution in [0.3, 0.4) is 0 Å². The summed E-state index contributed by atoms with van der Waals surface area (Å²) in [7, 11) is 0. The van der Waals surface area contributed by atoms with Crippen LogP contribution in [0.15, 0.2) is 12.1 Å². The quantitative estimate of drug-likeness (QED) is 0.847. The number of carbonyl (C=O) groups excluding carboxylic acids is 1. The highest BCUT2D eigenvalue weighted by molar-refractivity contribution is 5.80. The molecule has 1 amide bonds. The Morgan fingerprint density at radius 3 is 2.67 bits per heavy atom. The van der Waals surface area contributed by atoms with E-state index < -0.39 is 0 Å². The number of hydrogen-bond acceptors (Lipinski definition) is 6. The van der Waals surface area contributed by atoms with Gasteiger partial charge in [0.05, 0.1) is 5.92 Å². The molecule has 2 fully saturated rings. The zero-order chi connectivity index (χ0) is 16.7. The molecule has 1 saturated heterocycles. The third kappa shape index (κ3) is 2.60. The van der Waals surface area contributed by atoms with Crippen LogP contribution < -0.4 is 10.6 Å². The Hall–Kier alpha value is -2.22. The first kappa shape index (κ1) is 15.3. The van der Waals surface area contributed by atoms with Crippen molar-refractivity contribution in [3.8, 4) is 0 Å². The molecule has 2 aromatic rings. The molecule has 2 aliphatic rings. The largest absolute Gasteiger partial charge is 0.352 e. The number of carbonyl (C=O) groups is 1. The van der Waals surface area contributed by atoms with Gasteiger partial charge < -0.3 is 15.5 Å². The second-order valence-corrected chi connectivity index (χ2v) is 6.72. The first-order valence-corrected chi connectivity index (χ1v) is 8.62. The van der Waals surface area contributed by atoms with Crippen molar-refractivity contribution in [2.24, 2.45) is 11.7 Å².